The molecule has 1 nitrogen and oxygen atoms in total. The van der Waals surface area contributed by atoms with Crippen LogP contribution in [0.5, 0.6) is 0 Å². The van der Waals surface area contributed by atoms with Crippen LogP contribution in [0.2, 0.25) is 5.02 Å². The Hall–Kier alpha value is -0.760. The maximum atomic E-state index is 13.4. The lowest BCUT2D eigenvalue weighted by Gasteiger charge is -2.35. The fourth-order valence-electron chi connectivity index (χ4n) is 2.74. The first-order valence-electron chi connectivity index (χ1n) is 6.29. The van der Waals surface area contributed by atoms with Crippen LogP contribution in [0.15, 0.2) is 18.2 Å². The van der Waals surface area contributed by atoms with Gasteiger partial charge in [0.25, 0.3) is 0 Å². The van der Waals surface area contributed by atoms with Crippen LogP contribution in [0.1, 0.15) is 33.1 Å². The minimum absolute atomic E-state index is 0.181. The number of halogens is 2. The number of benzene rings is 1. The maximum absolute atomic E-state index is 13.4. The fraction of sp³-hybridized carbons (Fsp3) is 0.571. The Morgan fingerprint density at radius 1 is 1.24 bits per heavy atom. The standard InChI is InChI=1S/C14H19ClFN/c1-9-4-3-5-10(2)14(9)17-11-6-7-12(15)13(16)8-11/h6-10,14,17H,3-5H2,1-2H3. The Kier molecular flexibility index (Phi) is 3.93. The molecule has 17 heavy (non-hydrogen) atoms. The smallest absolute Gasteiger partial charge is 0.143 e. The lowest BCUT2D eigenvalue weighted by molar-refractivity contribution is 0.268. The van der Waals surface area contributed by atoms with Crippen molar-refractivity contribution in [3.8, 4) is 0 Å². The largest absolute Gasteiger partial charge is 0.382 e. The Balaban J connectivity index is 2.10. The average Bonchev–Trinajstić information content (AvgIpc) is 2.28. The van der Waals surface area contributed by atoms with E-state index in [1.165, 1.54) is 25.3 Å². The topological polar surface area (TPSA) is 12.0 Å². The van der Waals surface area contributed by atoms with Gasteiger partial charge in [-0.3, -0.25) is 0 Å². The third-order valence-corrected chi connectivity index (χ3v) is 4.10. The molecule has 0 aliphatic heterocycles. The fourth-order valence-corrected chi connectivity index (χ4v) is 2.86. The van der Waals surface area contributed by atoms with Crippen LogP contribution in [-0.2, 0) is 0 Å². The lowest BCUT2D eigenvalue weighted by Crippen LogP contribution is -2.37. The molecule has 2 rings (SSSR count). The summed E-state index contributed by atoms with van der Waals surface area (Å²) in [5, 5.41) is 3.63. The second kappa shape index (κ2) is 5.26. The molecule has 0 bridgehead atoms. The molecule has 0 saturated heterocycles. The van der Waals surface area contributed by atoms with Gasteiger partial charge >= 0.3 is 0 Å². The molecule has 94 valence electrons. The van der Waals surface area contributed by atoms with E-state index in [-0.39, 0.29) is 10.8 Å². The van der Waals surface area contributed by atoms with E-state index in [4.69, 9.17) is 11.6 Å². The quantitative estimate of drug-likeness (QED) is 0.807. The molecule has 1 aromatic rings. The summed E-state index contributed by atoms with van der Waals surface area (Å²) in [4.78, 5) is 0. The zero-order valence-electron chi connectivity index (χ0n) is 10.3. The van der Waals surface area contributed by atoms with E-state index in [1.54, 1.807) is 6.07 Å². The number of hydrogen-bond acceptors (Lipinski definition) is 1. The third kappa shape index (κ3) is 2.92. The van der Waals surface area contributed by atoms with Gasteiger partial charge in [-0.25, -0.2) is 4.39 Å². The summed E-state index contributed by atoms with van der Waals surface area (Å²) < 4.78 is 13.4. The molecular formula is C14H19ClFN. The minimum Gasteiger partial charge on any atom is -0.382 e. The van der Waals surface area contributed by atoms with E-state index in [0.29, 0.717) is 17.9 Å². The molecular weight excluding hydrogens is 237 g/mol. The molecule has 1 N–H and O–H groups in total. The van der Waals surface area contributed by atoms with Gasteiger partial charge in [-0.1, -0.05) is 31.9 Å². The van der Waals surface area contributed by atoms with E-state index in [1.807, 2.05) is 6.07 Å². The van der Waals surface area contributed by atoms with Gasteiger partial charge in [0.05, 0.1) is 5.02 Å². The van der Waals surface area contributed by atoms with Gasteiger partial charge in [0, 0.05) is 11.7 Å². The van der Waals surface area contributed by atoms with Crippen LogP contribution in [0.25, 0.3) is 0 Å². The lowest BCUT2D eigenvalue weighted by atomic mass is 9.78. The molecule has 0 amide bonds. The van der Waals surface area contributed by atoms with Gasteiger partial charge in [-0.15, -0.1) is 0 Å². The van der Waals surface area contributed by atoms with Crippen molar-refractivity contribution in [2.75, 3.05) is 5.32 Å². The van der Waals surface area contributed by atoms with Crippen molar-refractivity contribution in [3.05, 3.63) is 29.0 Å². The summed E-state index contributed by atoms with van der Waals surface area (Å²) in [7, 11) is 0. The molecule has 1 aromatic carbocycles. The monoisotopic (exact) mass is 255 g/mol. The van der Waals surface area contributed by atoms with Gasteiger partial charge in [-0.05, 0) is 42.9 Å². The molecule has 0 spiro atoms. The Morgan fingerprint density at radius 3 is 2.47 bits per heavy atom. The number of hydrogen-bond donors (Lipinski definition) is 1. The maximum Gasteiger partial charge on any atom is 0.143 e. The summed E-state index contributed by atoms with van der Waals surface area (Å²) in [5.74, 6) is 0.919. The predicted octanol–water partition coefficient (Wildman–Crippen LogP) is 4.72. The SMILES string of the molecule is CC1CCCC(C)C1Nc1ccc(Cl)c(F)c1. The predicted molar refractivity (Wildman–Crippen MR) is 71.0 cm³/mol. The summed E-state index contributed by atoms with van der Waals surface area (Å²) in [6, 6.07) is 5.37. The highest BCUT2D eigenvalue weighted by molar-refractivity contribution is 6.30. The molecule has 0 heterocycles. The van der Waals surface area contributed by atoms with Crippen molar-refractivity contribution in [2.24, 2.45) is 11.8 Å². The van der Waals surface area contributed by atoms with Crippen LogP contribution in [-0.4, -0.2) is 6.04 Å². The van der Waals surface area contributed by atoms with Crippen molar-refractivity contribution < 1.29 is 4.39 Å². The highest BCUT2D eigenvalue weighted by Crippen LogP contribution is 2.31. The van der Waals surface area contributed by atoms with Crippen molar-refractivity contribution >= 4 is 17.3 Å². The molecule has 1 saturated carbocycles. The zero-order chi connectivity index (χ0) is 12.4. The van der Waals surface area contributed by atoms with E-state index < -0.39 is 0 Å². The van der Waals surface area contributed by atoms with E-state index >= 15 is 0 Å². The first kappa shape index (κ1) is 12.7. The van der Waals surface area contributed by atoms with E-state index in [9.17, 15) is 4.39 Å². The van der Waals surface area contributed by atoms with Crippen molar-refractivity contribution in [1.82, 2.24) is 0 Å². The zero-order valence-corrected chi connectivity index (χ0v) is 11.1. The van der Waals surface area contributed by atoms with Crippen LogP contribution < -0.4 is 5.32 Å². The molecule has 1 aliphatic carbocycles. The summed E-state index contributed by atoms with van der Waals surface area (Å²) in [6.45, 7) is 4.53. The highest BCUT2D eigenvalue weighted by Gasteiger charge is 2.27. The Morgan fingerprint density at radius 2 is 1.88 bits per heavy atom. The first-order valence-corrected chi connectivity index (χ1v) is 6.67. The highest BCUT2D eigenvalue weighted by atomic mass is 35.5. The van der Waals surface area contributed by atoms with E-state index in [2.05, 4.69) is 19.2 Å². The number of anilines is 1. The van der Waals surface area contributed by atoms with Gasteiger partial charge < -0.3 is 5.32 Å². The van der Waals surface area contributed by atoms with Crippen LogP contribution in [0.3, 0.4) is 0 Å². The number of rotatable bonds is 2. The molecule has 0 radical (unpaired) electrons. The summed E-state index contributed by atoms with van der Waals surface area (Å²) in [5.41, 5.74) is 0.831. The van der Waals surface area contributed by atoms with Gasteiger partial charge in [0.15, 0.2) is 0 Å². The van der Waals surface area contributed by atoms with Crippen LogP contribution in [0, 0.1) is 17.7 Å². The summed E-state index contributed by atoms with van der Waals surface area (Å²) >= 11 is 5.68. The normalized spacial score (nSPS) is 29.1. The van der Waals surface area contributed by atoms with Crippen molar-refractivity contribution in [3.63, 3.8) is 0 Å². The van der Waals surface area contributed by atoms with Gasteiger partial charge in [-0.2, -0.15) is 0 Å². The average molecular weight is 256 g/mol. The Labute approximate surface area is 107 Å². The second-order valence-corrected chi connectivity index (χ2v) is 5.59. The van der Waals surface area contributed by atoms with Crippen molar-refractivity contribution in [1.29, 1.82) is 0 Å². The van der Waals surface area contributed by atoms with Gasteiger partial charge in [0.2, 0.25) is 0 Å². The van der Waals surface area contributed by atoms with Crippen LogP contribution >= 0.6 is 11.6 Å². The Bertz CT molecular complexity index is 384. The summed E-state index contributed by atoms with van der Waals surface area (Å²) in [6.07, 6.45) is 3.80. The molecule has 1 aliphatic rings. The van der Waals surface area contributed by atoms with Crippen LogP contribution in [0.4, 0.5) is 10.1 Å². The van der Waals surface area contributed by atoms with Crippen molar-refractivity contribution in [2.45, 2.75) is 39.2 Å². The molecule has 2 atom stereocenters. The van der Waals surface area contributed by atoms with E-state index in [0.717, 1.165) is 5.69 Å². The molecule has 0 aromatic heterocycles. The molecule has 3 heteroatoms. The molecule has 1 fully saturated rings. The first-order chi connectivity index (χ1) is 8.08. The second-order valence-electron chi connectivity index (χ2n) is 5.18. The number of nitrogens with one attached hydrogen (secondary N) is 1. The van der Waals surface area contributed by atoms with Gasteiger partial charge in [0.1, 0.15) is 5.82 Å². The third-order valence-electron chi connectivity index (χ3n) is 3.80. The molecule has 2 unspecified atom stereocenters. The minimum atomic E-state index is -0.354.